The third-order valence-corrected chi connectivity index (χ3v) is 3.32. The van der Waals surface area contributed by atoms with Gasteiger partial charge in [0.2, 0.25) is 11.8 Å². The number of carbonyl (C=O) groups excluding carboxylic acids is 2. The monoisotopic (exact) mass is 180 g/mol. The number of imide groups is 1. The quantitative estimate of drug-likeness (QED) is 0.529. The Morgan fingerprint density at radius 1 is 1.08 bits per heavy atom. The molecule has 1 aliphatic carbocycles. The number of rotatable bonds is 0. The molecule has 2 fully saturated rings. The molecule has 0 aromatic carbocycles. The molecule has 1 saturated carbocycles. The standard InChI is InChI=1S/C10H14NO2/c1-11-8(12)6-10(7-9(11)13)4-2-3-5-10/h1-7H2. The fourth-order valence-corrected chi connectivity index (χ4v) is 2.51. The number of hydrogen-bond donors (Lipinski definition) is 0. The van der Waals surface area contributed by atoms with E-state index in [0.29, 0.717) is 12.8 Å². The van der Waals surface area contributed by atoms with Gasteiger partial charge in [-0.25, -0.2) is 0 Å². The van der Waals surface area contributed by atoms with E-state index in [0.717, 1.165) is 30.6 Å². The van der Waals surface area contributed by atoms with E-state index in [-0.39, 0.29) is 17.2 Å². The van der Waals surface area contributed by atoms with Gasteiger partial charge in [0.25, 0.3) is 0 Å². The van der Waals surface area contributed by atoms with E-state index >= 15 is 0 Å². The number of nitrogens with zero attached hydrogens (tertiary/aromatic N) is 1. The van der Waals surface area contributed by atoms with E-state index in [2.05, 4.69) is 7.05 Å². The molecular weight excluding hydrogens is 166 g/mol. The summed E-state index contributed by atoms with van der Waals surface area (Å²) in [6, 6.07) is 0. The van der Waals surface area contributed by atoms with E-state index in [4.69, 9.17) is 0 Å². The van der Waals surface area contributed by atoms with Crippen molar-refractivity contribution in [1.82, 2.24) is 4.90 Å². The lowest BCUT2D eigenvalue weighted by atomic mass is 9.76. The first-order valence-electron chi connectivity index (χ1n) is 4.79. The number of amides is 2. The van der Waals surface area contributed by atoms with Crippen LogP contribution in [0.4, 0.5) is 0 Å². The van der Waals surface area contributed by atoms with Crippen molar-refractivity contribution >= 4 is 11.8 Å². The summed E-state index contributed by atoms with van der Waals surface area (Å²) in [6.45, 7) is 0. The minimum atomic E-state index is -0.0989. The highest BCUT2D eigenvalue weighted by Gasteiger charge is 2.43. The normalized spacial score (nSPS) is 27.3. The summed E-state index contributed by atoms with van der Waals surface area (Å²) < 4.78 is 0. The molecule has 2 aliphatic rings. The van der Waals surface area contributed by atoms with Gasteiger partial charge in [0.1, 0.15) is 0 Å². The van der Waals surface area contributed by atoms with E-state index in [1.165, 1.54) is 0 Å². The summed E-state index contributed by atoms with van der Waals surface area (Å²) in [7, 11) is 3.45. The lowest BCUT2D eigenvalue weighted by Gasteiger charge is -2.35. The van der Waals surface area contributed by atoms with Crippen molar-refractivity contribution in [1.29, 1.82) is 0 Å². The Morgan fingerprint density at radius 3 is 2.00 bits per heavy atom. The van der Waals surface area contributed by atoms with Crippen molar-refractivity contribution in [3.63, 3.8) is 0 Å². The third kappa shape index (κ3) is 1.36. The average Bonchev–Trinajstić information content (AvgIpc) is 2.49. The molecule has 3 heteroatoms. The van der Waals surface area contributed by atoms with Gasteiger partial charge in [-0.15, -0.1) is 0 Å². The molecule has 71 valence electrons. The maximum Gasteiger partial charge on any atom is 0.229 e. The molecule has 1 saturated heterocycles. The van der Waals surface area contributed by atoms with E-state index in [1.54, 1.807) is 0 Å². The van der Waals surface area contributed by atoms with Gasteiger partial charge in [-0.05, 0) is 18.3 Å². The van der Waals surface area contributed by atoms with Crippen LogP contribution < -0.4 is 0 Å². The molecule has 0 aromatic heterocycles. The van der Waals surface area contributed by atoms with Gasteiger partial charge < -0.3 is 0 Å². The highest BCUT2D eigenvalue weighted by Crippen LogP contribution is 2.46. The first kappa shape index (κ1) is 8.73. The second-order valence-electron chi connectivity index (χ2n) is 4.28. The molecule has 0 bridgehead atoms. The summed E-state index contributed by atoms with van der Waals surface area (Å²) >= 11 is 0. The minimum absolute atomic E-state index is 0.0162. The second kappa shape index (κ2) is 2.82. The van der Waals surface area contributed by atoms with Gasteiger partial charge in [-0.2, -0.15) is 0 Å². The fourth-order valence-electron chi connectivity index (χ4n) is 2.51. The molecule has 0 N–H and O–H groups in total. The Balaban J connectivity index is 2.17. The Morgan fingerprint density at radius 2 is 1.54 bits per heavy atom. The summed E-state index contributed by atoms with van der Waals surface area (Å²) in [4.78, 5) is 23.8. The van der Waals surface area contributed by atoms with Crippen LogP contribution in [-0.2, 0) is 9.59 Å². The summed E-state index contributed by atoms with van der Waals surface area (Å²) in [5.41, 5.74) is 0.0162. The minimum Gasteiger partial charge on any atom is -0.281 e. The lowest BCUT2D eigenvalue weighted by Crippen LogP contribution is -2.43. The lowest BCUT2D eigenvalue weighted by molar-refractivity contribution is -0.150. The van der Waals surface area contributed by atoms with Gasteiger partial charge >= 0.3 is 0 Å². The zero-order chi connectivity index (χ0) is 9.47. The summed E-state index contributed by atoms with van der Waals surface area (Å²) in [6.07, 6.45) is 5.47. The first-order chi connectivity index (χ1) is 6.13. The van der Waals surface area contributed by atoms with Crippen molar-refractivity contribution in [3.8, 4) is 0 Å². The molecule has 1 heterocycles. The Bertz CT molecular complexity index is 234. The van der Waals surface area contributed by atoms with Gasteiger partial charge in [0.15, 0.2) is 0 Å². The van der Waals surface area contributed by atoms with Crippen LogP contribution in [0.2, 0.25) is 0 Å². The predicted octanol–water partition coefficient (Wildman–Crippen LogP) is 1.49. The van der Waals surface area contributed by atoms with Crippen LogP contribution in [0.25, 0.3) is 0 Å². The molecule has 0 aromatic rings. The molecule has 3 nitrogen and oxygen atoms in total. The number of piperidine rings is 1. The molecule has 2 rings (SSSR count). The molecule has 1 aliphatic heterocycles. The van der Waals surface area contributed by atoms with Crippen molar-refractivity contribution in [3.05, 3.63) is 7.05 Å². The van der Waals surface area contributed by atoms with Crippen LogP contribution in [0.5, 0.6) is 0 Å². The van der Waals surface area contributed by atoms with Crippen LogP contribution in [0.1, 0.15) is 38.5 Å². The van der Waals surface area contributed by atoms with E-state index in [1.807, 2.05) is 0 Å². The predicted molar refractivity (Wildman–Crippen MR) is 47.3 cm³/mol. The molecule has 0 atom stereocenters. The van der Waals surface area contributed by atoms with Crippen LogP contribution in [0.15, 0.2) is 0 Å². The smallest absolute Gasteiger partial charge is 0.229 e. The third-order valence-electron chi connectivity index (χ3n) is 3.32. The average molecular weight is 180 g/mol. The number of likely N-dealkylation sites (tertiary alicyclic amines) is 1. The van der Waals surface area contributed by atoms with Crippen LogP contribution in [-0.4, -0.2) is 16.7 Å². The molecule has 0 unspecified atom stereocenters. The number of carbonyl (C=O) groups is 2. The maximum absolute atomic E-state index is 11.4. The fraction of sp³-hybridized carbons (Fsp3) is 0.700. The van der Waals surface area contributed by atoms with Gasteiger partial charge in [0, 0.05) is 19.9 Å². The zero-order valence-electron chi connectivity index (χ0n) is 7.71. The largest absolute Gasteiger partial charge is 0.281 e. The van der Waals surface area contributed by atoms with Gasteiger partial charge in [0.05, 0.1) is 0 Å². The SMILES string of the molecule is [CH2]N1C(=O)CC2(CCCC2)CC1=O. The van der Waals surface area contributed by atoms with Crippen molar-refractivity contribution in [2.75, 3.05) is 0 Å². The van der Waals surface area contributed by atoms with E-state index < -0.39 is 0 Å². The summed E-state index contributed by atoms with van der Waals surface area (Å²) in [5.74, 6) is -0.198. The van der Waals surface area contributed by atoms with Gasteiger partial charge in [-0.1, -0.05) is 12.8 Å². The molecule has 13 heavy (non-hydrogen) atoms. The maximum atomic E-state index is 11.4. The van der Waals surface area contributed by atoms with Crippen molar-refractivity contribution in [2.45, 2.75) is 38.5 Å². The summed E-state index contributed by atoms with van der Waals surface area (Å²) in [5, 5.41) is 0. The topological polar surface area (TPSA) is 37.4 Å². The van der Waals surface area contributed by atoms with Crippen molar-refractivity contribution < 1.29 is 9.59 Å². The first-order valence-corrected chi connectivity index (χ1v) is 4.79. The molecule has 2 amide bonds. The van der Waals surface area contributed by atoms with E-state index in [9.17, 15) is 9.59 Å². The molecule has 1 spiro atoms. The molecular formula is C10H14NO2. The Hall–Kier alpha value is -0.860. The van der Waals surface area contributed by atoms with Crippen molar-refractivity contribution in [2.24, 2.45) is 5.41 Å². The van der Waals surface area contributed by atoms with Crippen LogP contribution >= 0.6 is 0 Å². The zero-order valence-corrected chi connectivity index (χ0v) is 7.71. The molecule has 1 radical (unpaired) electrons. The second-order valence-corrected chi connectivity index (χ2v) is 4.28. The Labute approximate surface area is 78.1 Å². The highest BCUT2D eigenvalue weighted by molar-refractivity contribution is 5.98. The van der Waals surface area contributed by atoms with Crippen LogP contribution in [0.3, 0.4) is 0 Å². The van der Waals surface area contributed by atoms with Gasteiger partial charge in [-0.3, -0.25) is 14.5 Å². The number of hydrogen-bond acceptors (Lipinski definition) is 2. The van der Waals surface area contributed by atoms with Crippen LogP contribution in [0, 0.1) is 12.5 Å². The Kier molecular flexibility index (Phi) is 1.90. The highest BCUT2D eigenvalue weighted by atomic mass is 16.2.